The van der Waals surface area contributed by atoms with E-state index in [1.165, 1.54) is 18.2 Å². The van der Waals surface area contributed by atoms with Gasteiger partial charge in [0.05, 0.1) is 5.02 Å². The molecule has 1 aromatic heterocycles. The topological polar surface area (TPSA) is 107 Å². The fraction of sp³-hybridized carbons (Fsp3) is 0.0500. The average molecular weight is 430 g/mol. The zero-order chi connectivity index (χ0) is 21.8. The van der Waals surface area contributed by atoms with Crippen molar-refractivity contribution in [2.45, 2.75) is 6.17 Å². The quantitative estimate of drug-likeness (QED) is 0.473. The van der Waals surface area contributed by atoms with Gasteiger partial charge in [-0.05, 0) is 30.3 Å². The van der Waals surface area contributed by atoms with Gasteiger partial charge in [-0.1, -0.05) is 29.8 Å². The number of carbonyl (C=O) groups excluding carboxylic acids is 3. The van der Waals surface area contributed by atoms with E-state index < -0.39 is 34.9 Å². The second kappa shape index (κ2) is 8.66. The van der Waals surface area contributed by atoms with Gasteiger partial charge in [0.25, 0.3) is 11.5 Å². The number of aromatic nitrogens is 2. The Morgan fingerprint density at radius 2 is 1.73 bits per heavy atom. The number of nitrogens with zero attached hydrogens (tertiary/aromatic N) is 2. The van der Waals surface area contributed by atoms with E-state index in [1.54, 1.807) is 18.2 Å². The van der Waals surface area contributed by atoms with Gasteiger partial charge in [0, 0.05) is 23.4 Å². The van der Waals surface area contributed by atoms with E-state index in [4.69, 9.17) is 11.6 Å². The largest absolute Gasteiger partial charge is 0.340 e. The fourth-order valence-corrected chi connectivity index (χ4v) is 2.86. The smallest absolute Gasteiger partial charge is 0.331 e. The van der Waals surface area contributed by atoms with Crippen molar-refractivity contribution in [3.63, 3.8) is 0 Å². The average Bonchev–Trinajstić information content (AvgIpc) is 2.74. The third kappa shape index (κ3) is 3.96. The van der Waals surface area contributed by atoms with Crippen molar-refractivity contribution in [1.82, 2.24) is 14.5 Å². The number of hydrogen-bond donors (Lipinski definition) is 1. The molecule has 30 heavy (non-hydrogen) atoms. The molecular formula is C20H13ClFN3O5. The van der Waals surface area contributed by atoms with E-state index in [0.717, 1.165) is 24.4 Å². The normalized spacial score (nSPS) is 11.5. The molecule has 0 saturated heterocycles. The van der Waals surface area contributed by atoms with Gasteiger partial charge in [0.2, 0.25) is 12.2 Å². The van der Waals surface area contributed by atoms with Crippen LogP contribution in [0.3, 0.4) is 0 Å². The molecule has 0 aliphatic heterocycles. The highest BCUT2D eigenvalue weighted by molar-refractivity contribution is 6.30. The molecule has 10 heteroatoms. The van der Waals surface area contributed by atoms with Crippen molar-refractivity contribution in [2.75, 3.05) is 0 Å². The van der Waals surface area contributed by atoms with Gasteiger partial charge in [-0.2, -0.15) is 4.57 Å². The monoisotopic (exact) mass is 429 g/mol. The molecule has 1 unspecified atom stereocenters. The summed E-state index contributed by atoms with van der Waals surface area (Å²) in [5.41, 5.74) is -2.19. The van der Waals surface area contributed by atoms with E-state index in [9.17, 15) is 28.4 Å². The van der Waals surface area contributed by atoms with Crippen molar-refractivity contribution in [3.05, 3.63) is 104 Å². The van der Waals surface area contributed by atoms with Crippen molar-refractivity contribution < 1.29 is 18.8 Å². The van der Waals surface area contributed by atoms with Gasteiger partial charge < -0.3 is 5.32 Å². The molecule has 0 radical (unpaired) electrons. The molecular weight excluding hydrogens is 417 g/mol. The molecule has 1 N–H and O–H groups in total. The van der Waals surface area contributed by atoms with Crippen LogP contribution in [0.25, 0.3) is 0 Å². The first-order valence-corrected chi connectivity index (χ1v) is 8.86. The van der Waals surface area contributed by atoms with Crippen molar-refractivity contribution in [1.29, 1.82) is 0 Å². The Balaban J connectivity index is 2.12. The molecule has 0 saturated carbocycles. The first kappa shape index (κ1) is 20.9. The molecule has 0 aliphatic rings. The maximum Gasteiger partial charge on any atom is 0.340 e. The van der Waals surface area contributed by atoms with Crippen LogP contribution in [0.15, 0.2) is 70.4 Å². The maximum absolute atomic E-state index is 13.7. The summed E-state index contributed by atoms with van der Waals surface area (Å²) in [6, 6.07) is 11.7. The molecule has 0 spiro atoms. The van der Waals surface area contributed by atoms with Gasteiger partial charge in [-0.25, -0.2) is 9.18 Å². The number of ketones is 1. The zero-order valence-electron chi connectivity index (χ0n) is 15.1. The highest BCUT2D eigenvalue weighted by Gasteiger charge is 2.26. The number of halogens is 2. The Morgan fingerprint density at radius 3 is 2.37 bits per heavy atom. The molecule has 3 aromatic rings. The van der Waals surface area contributed by atoms with E-state index >= 15 is 0 Å². The Hall–Kier alpha value is -3.85. The maximum atomic E-state index is 13.7. The summed E-state index contributed by atoms with van der Waals surface area (Å²) < 4.78 is 14.8. The predicted octanol–water partition coefficient (Wildman–Crippen LogP) is 1.62. The lowest BCUT2D eigenvalue weighted by Gasteiger charge is -2.19. The third-order valence-corrected chi connectivity index (χ3v) is 4.50. The molecule has 1 heterocycles. The van der Waals surface area contributed by atoms with Crippen LogP contribution in [0.5, 0.6) is 0 Å². The summed E-state index contributed by atoms with van der Waals surface area (Å²) in [5, 5.41) is 1.93. The second-order valence-corrected chi connectivity index (χ2v) is 6.44. The van der Waals surface area contributed by atoms with Crippen LogP contribution in [-0.4, -0.2) is 27.2 Å². The molecule has 152 valence electrons. The van der Waals surface area contributed by atoms with Gasteiger partial charge in [-0.15, -0.1) is 0 Å². The molecule has 1 amide bonds. The lowest BCUT2D eigenvalue weighted by molar-refractivity contribution is -0.110. The summed E-state index contributed by atoms with van der Waals surface area (Å²) in [6.07, 6.45) is -0.508. The molecule has 0 aliphatic carbocycles. The van der Waals surface area contributed by atoms with E-state index in [0.29, 0.717) is 9.13 Å². The van der Waals surface area contributed by atoms with Gasteiger partial charge in [-0.3, -0.25) is 23.7 Å². The first-order valence-electron chi connectivity index (χ1n) is 8.48. The Bertz CT molecular complexity index is 1250. The highest BCUT2D eigenvalue weighted by Crippen LogP contribution is 2.18. The number of hydrogen-bond acceptors (Lipinski definition) is 5. The molecule has 0 bridgehead atoms. The molecule has 8 nitrogen and oxygen atoms in total. The summed E-state index contributed by atoms with van der Waals surface area (Å²) in [4.78, 5) is 61.6. The summed E-state index contributed by atoms with van der Waals surface area (Å²) in [7, 11) is 0. The number of rotatable bonds is 6. The molecule has 0 fully saturated rings. The minimum atomic E-state index is -1.63. The number of benzene rings is 2. The Kier molecular flexibility index (Phi) is 6.03. The number of amides is 1. The highest BCUT2D eigenvalue weighted by atomic mass is 35.5. The Labute approximate surface area is 173 Å². The third-order valence-electron chi connectivity index (χ3n) is 4.19. The van der Waals surface area contributed by atoms with Crippen LogP contribution in [0, 0.1) is 5.82 Å². The lowest BCUT2D eigenvalue weighted by Crippen LogP contribution is -2.48. The van der Waals surface area contributed by atoms with Crippen LogP contribution in [0.1, 0.15) is 26.9 Å². The number of carbonyl (C=O) groups is 3. The van der Waals surface area contributed by atoms with Crippen LogP contribution in [-0.2, 0) is 4.79 Å². The van der Waals surface area contributed by atoms with Gasteiger partial charge in [0.1, 0.15) is 5.82 Å². The van der Waals surface area contributed by atoms with E-state index in [-0.39, 0.29) is 22.6 Å². The minimum Gasteiger partial charge on any atom is -0.331 e. The van der Waals surface area contributed by atoms with Crippen molar-refractivity contribution in [2.24, 2.45) is 0 Å². The van der Waals surface area contributed by atoms with E-state index in [1.807, 2.05) is 0 Å². The molecule has 3 rings (SSSR count). The summed E-state index contributed by atoms with van der Waals surface area (Å²) in [6.45, 7) is 0. The fourth-order valence-electron chi connectivity index (χ4n) is 2.74. The predicted molar refractivity (Wildman–Crippen MR) is 105 cm³/mol. The summed E-state index contributed by atoms with van der Waals surface area (Å²) in [5.74, 6) is -2.64. The Morgan fingerprint density at radius 1 is 1.03 bits per heavy atom. The first-order chi connectivity index (χ1) is 14.3. The zero-order valence-corrected chi connectivity index (χ0v) is 15.9. The van der Waals surface area contributed by atoms with Gasteiger partial charge in [0.15, 0.2) is 6.17 Å². The minimum absolute atomic E-state index is 0.0699. The summed E-state index contributed by atoms with van der Waals surface area (Å²) >= 11 is 5.61. The van der Waals surface area contributed by atoms with Crippen LogP contribution < -0.4 is 16.6 Å². The second-order valence-electron chi connectivity index (χ2n) is 6.03. The van der Waals surface area contributed by atoms with Crippen LogP contribution in [0.4, 0.5) is 4.39 Å². The molecule has 1 atom stereocenters. The standard InChI is InChI=1S/C20H13ClFN3O5/c21-14-7-6-13(10-15(14)22)17(28)18(23-11-26)24-9-8-16(27)25(20(24)30)19(29)12-4-2-1-3-5-12/h1-11,18H,(H,23,26). The lowest BCUT2D eigenvalue weighted by atomic mass is 10.1. The molecule has 2 aromatic carbocycles. The van der Waals surface area contributed by atoms with Crippen molar-refractivity contribution >= 4 is 29.7 Å². The SMILES string of the molecule is O=CNC(C(=O)c1ccc(Cl)c(F)c1)n1ccc(=O)n(C(=O)c2ccccc2)c1=O. The van der Waals surface area contributed by atoms with Crippen LogP contribution in [0.2, 0.25) is 5.02 Å². The number of Topliss-reactive ketones (excluding diaryl/α,β-unsaturated/α-hetero) is 1. The van der Waals surface area contributed by atoms with Gasteiger partial charge >= 0.3 is 5.69 Å². The van der Waals surface area contributed by atoms with Crippen LogP contribution >= 0.6 is 11.6 Å². The van der Waals surface area contributed by atoms with Crippen molar-refractivity contribution in [3.8, 4) is 0 Å². The van der Waals surface area contributed by atoms with E-state index in [2.05, 4.69) is 5.32 Å². The number of nitrogens with one attached hydrogen (secondary N) is 1.